The Morgan fingerprint density at radius 1 is 0.565 bits per heavy atom. The number of imidazole rings is 1. The van der Waals surface area contributed by atoms with E-state index in [9.17, 15) is 0 Å². The predicted octanol–water partition coefficient (Wildman–Crippen LogP) is 11.7. The molecule has 3 heteroatoms. The predicted molar refractivity (Wildman–Crippen MR) is 193 cm³/mol. The molecule has 1 aliphatic heterocycles. The molecule has 0 amide bonds. The second-order valence-corrected chi connectivity index (χ2v) is 14.3. The molecular weight excluding hydrogens is 577 g/mol. The fourth-order valence-electron chi connectivity index (χ4n) is 8.25. The molecule has 2 aliphatic rings. The fraction of sp³-hybridized carbons (Fsp3) is 0.0930. The number of rotatable bonds is 2. The molecule has 2 nitrogen and oxygen atoms in total. The van der Waals surface area contributed by atoms with Gasteiger partial charge in [0.25, 0.3) is 0 Å². The zero-order valence-corrected chi connectivity index (χ0v) is 26.7. The molecule has 0 bridgehead atoms. The first-order valence-electron chi connectivity index (χ1n) is 16.0. The third-order valence-corrected chi connectivity index (χ3v) is 11.4. The van der Waals surface area contributed by atoms with Crippen LogP contribution < -0.4 is 0 Å². The summed E-state index contributed by atoms with van der Waals surface area (Å²) in [5.41, 5.74) is 14.1. The monoisotopic (exact) mass is 606 g/mol. The van der Waals surface area contributed by atoms with Crippen LogP contribution in [0.1, 0.15) is 30.8 Å². The van der Waals surface area contributed by atoms with Crippen molar-refractivity contribution in [3.63, 3.8) is 0 Å². The third-order valence-electron chi connectivity index (χ3n) is 10.3. The van der Waals surface area contributed by atoms with Crippen molar-refractivity contribution in [1.29, 1.82) is 0 Å². The molecule has 218 valence electrons. The van der Waals surface area contributed by atoms with Crippen molar-refractivity contribution in [3.8, 4) is 39.1 Å². The van der Waals surface area contributed by atoms with Crippen LogP contribution in [0.4, 0.5) is 0 Å². The number of nitrogens with zero attached hydrogens (tertiary/aromatic N) is 2. The summed E-state index contributed by atoms with van der Waals surface area (Å²) in [6, 6.07) is 47.4. The lowest BCUT2D eigenvalue weighted by Crippen LogP contribution is -2.14. The van der Waals surface area contributed by atoms with E-state index in [1.165, 1.54) is 87.0 Å². The van der Waals surface area contributed by atoms with Crippen molar-refractivity contribution in [2.75, 3.05) is 0 Å². The van der Waals surface area contributed by atoms with Crippen molar-refractivity contribution in [2.24, 2.45) is 0 Å². The lowest BCUT2D eigenvalue weighted by Gasteiger charge is -2.23. The van der Waals surface area contributed by atoms with Gasteiger partial charge < -0.3 is 0 Å². The summed E-state index contributed by atoms with van der Waals surface area (Å²) in [6.07, 6.45) is 0. The first-order valence-corrected chi connectivity index (χ1v) is 16.8. The Morgan fingerprint density at radius 3 is 1.89 bits per heavy atom. The molecule has 0 unspecified atom stereocenters. The maximum atomic E-state index is 4.88. The van der Waals surface area contributed by atoms with E-state index in [1.807, 2.05) is 11.8 Å². The molecule has 2 heterocycles. The maximum absolute atomic E-state index is 4.88. The molecule has 0 radical (unpaired) electrons. The van der Waals surface area contributed by atoms with Crippen LogP contribution in [0.25, 0.3) is 71.6 Å². The van der Waals surface area contributed by atoms with Crippen LogP contribution in [0.2, 0.25) is 0 Å². The molecule has 0 N–H and O–H groups in total. The number of aromatic nitrogens is 2. The molecule has 0 spiro atoms. The number of para-hydroxylation sites is 1. The molecule has 46 heavy (non-hydrogen) atoms. The van der Waals surface area contributed by atoms with Crippen LogP contribution >= 0.6 is 11.8 Å². The van der Waals surface area contributed by atoms with Gasteiger partial charge in [-0.15, -0.1) is 0 Å². The molecule has 1 aliphatic carbocycles. The minimum absolute atomic E-state index is 0.0495. The zero-order valence-electron chi connectivity index (χ0n) is 25.9. The minimum Gasteiger partial charge on any atom is -0.294 e. The molecule has 0 saturated heterocycles. The lowest BCUT2D eigenvalue weighted by molar-refractivity contribution is 0.660. The standard InChI is InChI=1S/C43H30N2S/c1-25-44-36-17-10-18-38-42(36)45(25)37-22-20-27(24-39(37)46-38)41-32-14-6-4-12-30(32)40(31-13-5-7-15-33(31)41)26-19-21-29-28-11-8-9-16-34(28)43(2,3)35(29)23-26/h4-24H,1-3H3. The SMILES string of the molecule is Cc1nc2cccc3c2n1-c1ccc(-c2c4ccccc4c(-c4ccc5c(c4)C(C)(C)c4ccccc4-5)c4ccccc24)cc1S3. The fourth-order valence-corrected chi connectivity index (χ4v) is 9.38. The number of fused-ring (bicyclic) bond motifs is 7. The highest BCUT2D eigenvalue weighted by Crippen LogP contribution is 2.52. The van der Waals surface area contributed by atoms with Crippen LogP contribution in [-0.4, -0.2) is 9.55 Å². The Bertz CT molecular complexity index is 2550. The van der Waals surface area contributed by atoms with Crippen LogP contribution in [0.5, 0.6) is 0 Å². The number of aryl methyl sites for hydroxylation is 1. The smallest absolute Gasteiger partial charge is 0.111 e. The van der Waals surface area contributed by atoms with E-state index in [1.54, 1.807) is 0 Å². The number of hydrogen-bond acceptors (Lipinski definition) is 2. The minimum atomic E-state index is -0.0495. The van der Waals surface area contributed by atoms with E-state index in [-0.39, 0.29) is 5.41 Å². The van der Waals surface area contributed by atoms with Gasteiger partial charge in [-0.2, -0.15) is 0 Å². The van der Waals surface area contributed by atoms with E-state index >= 15 is 0 Å². The molecule has 7 aromatic carbocycles. The first kappa shape index (κ1) is 26.1. The molecule has 0 saturated carbocycles. The van der Waals surface area contributed by atoms with Gasteiger partial charge in [0.1, 0.15) is 5.82 Å². The van der Waals surface area contributed by atoms with Gasteiger partial charge in [-0.3, -0.25) is 4.57 Å². The topological polar surface area (TPSA) is 17.8 Å². The highest BCUT2D eigenvalue weighted by molar-refractivity contribution is 7.99. The number of hydrogen-bond donors (Lipinski definition) is 0. The average Bonchev–Trinajstić information content (AvgIpc) is 3.54. The van der Waals surface area contributed by atoms with E-state index in [2.05, 4.69) is 153 Å². The summed E-state index contributed by atoms with van der Waals surface area (Å²) in [5.74, 6) is 1.03. The summed E-state index contributed by atoms with van der Waals surface area (Å²) >= 11 is 1.85. The molecule has 1 aromatic heterocycles. The molecule has 8 aromatic rings. The maximum Gasteiger partial charge on any atom is 0.111 e. The average molecular weight is 607 g/mol. The van der Waals surface area contributed by atoms with E-state index in [0.29, 0.717) is 0 Å². The van der Waals surface area contributed by atoms with Crippen LogP contribution in [0.3, 0.4) is 0 Å². The van der Waals surface area contributed by atoms with Crippen LogP contribution in [0.15, 0.2) is 137 Å². The molecular formula is C43H30N2S. The van der Waals surface area contributed by atoms with Crippen molar-refractivity contribution >= 4 is 44.3 Å². The summed E-state index contributed by atoms with van der Waals surface area (Å²) in [5, 5.41) is 5.13. The Labute approximate surface area is 272 Å². The van der Waals surface area contributed by atoms with Gasteiger partial charge in [-0.1, -0.05) is 123 Å². The van der Waals surface area contributed by atoms with Gasteiger partial charge in [0.05, 0.1) is 16.7 Å². The highest BCUT2D eigenvalue weighted by atomic mass is 32.2. The quantitative estimate of drug-likeness (QED) is 0.182. The highest BCUT2D eigenvalue weighted by Gasteiger charge is 2.35. The molecule has 10 rings (SSSR count). The van der Waals surface area contributed by atoms with Crippen molar-refractivity contribution in [3.05, 3.63) is 144 Å². The van der Waals surface area contributed by atoms with Crippen LogP contribution in [0, 0.1) is 6.92 Å². The second-order valence-electron chi connectivity index (χ2n) is 13.2. The van der Waals surface area contributed by atoms with Gasteiger partial charge in [-0.25, -0.2) is 4.98 Å². The Kier molecular flexibility index (Phi) is 5.24. The Balaban J connectivity index is 1.22. The van der Waals surface area contributed by atoms with Gasteiger partial charge in [0, 0.05) is 15.2 Å². The van der Waals surface area contributed by atoms with Crippen LogP contribution in [-0.2, 0) is 5.41 Å². The van der Waals surface area contributed by atoms with E-state index < -0.39 is 0 Å². The van der Waals surface area contributed by atoms with Gasteiger partial charge in [0.15, 0.2) is 0 Å². The van der Waals surface area contributed by atoms with Gasteiger partial charge in [0.2, 0.25) is 0 Å². The van der Waals surface area contributed by atoms with Crippen molar-refractivity contribution in [1.82, 2.24) is 9.55 Å². The number of benzene rings is 7. The van der Waals surface area contributed by atoms with E-state index in [0.717, 1.165) is 11.3 Å². The molecule has 0 fully saturated rings. The first-order chi connectivity index (χ1) is 22.5. The summed E-state index contributed by atoms with van der Waals surface area (Å²) in [4.78, 5) is 7.40. The lowest BCUT2D eigenvalue weighted by atomic mass is 9.80. The Morgan fingerprint density at radius 2 is 1.17 bits per heavy atom. The van der Waals surface area contributed by atoms with Gasteiger partial charge in [-0.05, 0) is 103 Å². The summed E-state index contributed by atoms with van der Waals surface area (Å²) < 4.78 is 2.33. The normalized spacial score (nSPS) is 14.1. The van der Waals surface area contributed by atoms with E-state index in [4.69, 9.17) is 4.98 Å². The van der Waals surface area contributed by atoms with Crippen molar-refractivity contribution < 1.29 is 0 Å². The largest absolute Gasteiger partial charge is 0.294 e. The second kappa shape index (κ2) is 9.22. The van der Waals surface area contributed by atoms with Crippen molar-refractivity contribution in [2.45, 2.75) is 36.0 Å². The zero-order chi connectivity index (χ0) is 30.7. The van der Waals surface area contributed by atoms with Gasteiger partial charge >= 0.3 is 0 Å². The summed E-state index contributed by atoms with van der Waals surface area (Å²) in [6.45, 7) is 6.84. The third kappa shape index (κ3) is 3.41. The summed E-state index contributed by atoms with van der Waals surface area (Å²) in [7, 11) is 0. The molecule has 0 atom stereocenters. The Hall–Kier alpha value is -5.12.